The third kappa shape index (κ3) is 1.93. The summed E-state index contributed by atoms with van der Waals surface area (Å²) in [6.07, 6.45) is 3.04. The minimum Gasteiger partial charge on any atom is -0.479 e. The molecule has 0 saturated carbocycles. The number of benzene rings is 1. The molecule has 1 heterocycles. The highest BCUT2D eigenvalue weighted by Crippen LogP contribution is 2.35. The Bertz CT molecular complexity index is 641. The van der Waals surface area contributed by atoms with Gasteiger partial charge >= 0.3 is 12.1 Å². The van der Waals surface area contributed by atoms with E-state index in [2.05, 4.69) is 0 Å². The molecule has 20 heavy (non-hydrogen) atoms. The summed E-state index contributed by atoms with van der Waals surface area (Å²) in [5.41, 5.74) is -2.73. The largest absolute Gasteiger partial charge is 0.479 e. The Balaban J connectivity index is 2.72. The first kappa shape index (κ1) is 13.7. The molecular weight excluding hydrogens is 272 g/mol. The molecule has 2 N–H and O–H groups in total. The lowest BCUT2D eigenvalue weighted by atomic mass is 9.86. The molecule has 1 aliphatic rings. The van der Waals surface area contributed by atoms with Crippen LogP contribution in [-0.4, -0.2) is 27.2 Å². The fourth-order valence-corrected chi connectivity index (χ4v) is 2.05. The van der Waals surface area contributed by atoms with E-state index >= 15 is 0 Å². The van der Waals surface area contributed by atoms with Gasteiger partial charge in [0.25, 0.3) is 0 Å². The molecule has 0 aliphatic carbocycles. The smallest absolute Gasteiger partial charge is 0.412 e. The van der Waals surface area contributed by atoms with Gasteiger partial charge in [-0.2, -0.15) is 0 Å². The number of allylic oxidation sites excluding steroid dienone is 2. The first-order valence-electron chi connectivity index (χ1n) is 5.47. The van der Waals surface area contributed by atoms with Gasteiger partial charge in [0.2, 0.25) is 0 Å². The normalized spacial score (nSPS) is 21.0. The molecule has 0 bridgehead atoms. The summed E-state index contributed by atoms with van der Waals surface area (Å²) in [5, 5.41) is 18.5. The van der Waals surface area contributed by atoms with Gasteiger partial charge in [0.15, 0.2) is 5.54 Å². The van der Waals surface area contributed by atoms with Gasteiger partial charge in [-0.1, -0.05) is 6.08 Å². The highest BCUT2D eigenvalue weighted by molar-refractivity contribution is 5.89. The minimum absolute atomic E-state index is 0.450. The number of amides is 1. The van der Waals surface area contributed by atoms with Crippen LogP contribution in [0.5, 0.6) is 0 Å². The summed E-state index contributed by atoms with van der Waals surface area (Å²) in [4.78, 5) is 23.2. The highest BCUT2D eigenvalue weighted by Gasteiger charge is 2.48. The first-order valence-corrected chi connectivity index (χ1v) is 5.47. The van der Waals surface area contributed by atoms with E-state index in [1.807, 2.05) is 0 Å². The maximum absolute atomic E-state index is 13.9. The molecule has 0 radical (unpaired) electrons. The van der Waals surface area contributed by atoms with Gasteiger partial charge in [-0.25, -0.2) is 18.4 Å². The standard InChI is InChI=1S/C13H9F2NO4/c14-8-3-4-9(10(15)7-8)13(11(17)18)5-1-2-6-16(13)12(19)20/h1-7H,(H,17,18)(H,19,20). The number of nitrogens with zero attached hydrogens (tertiary/aromatic N) is 1. The van der Waals surface area contributed by atoms with E-state index in [9.17, 15) is 23.5 Å². The lowest BCUT2D eigenvalue weighted by Gasteiger charge is -2.36. The number of hydrogen-bond acceptors (Lipinski definition) is 2. The molecule has 104 valence electrons. The Morgan fingerprint density at radius 2 is 1.85 bits per heavy atom. The second-order valence-corrected chi connectivity index (χ2v) is 4.05. The molecule has 0 aromatic heterocycles. The number of carboxylic acids is 1. The SMILES string of the molecule is O=C(O)N1C=CC=CC1(C(=O)O)c1ccc(F)cc1F. The van der Waals surface area contributed by atoms with Crippen molar-refractivity contribution >= 4 is 12.1 Å². The number of carbonyl (C=O) groups is 2. The quantitative estimate of drug-likeness (QED) is 0.872. The molecule has 5 nitrogen and oxygen atoms in total. The molecule has 1 aromatic carbocycles. The van der Waals surface area contributed by atoms with Crippen LogP contribution < -0.4 is 0 Å². The van der Waals surface area contributed by atoms with Gasteiger partial charge < -0.3 is 10.2 Å². The van der Waals surface area contributed by atoms with E-state index in [0.717, 1.165) is 24.4 Å². The summed E-state index contributed by atoms with van der Waals surface area (Å²) in [7, 11) is 0. The lowest BCUT2D eigenvalue weighted by molar-refractivity contribution is -0.146. The summed E-state index contributed by atoms with van der Waals surface area (Å²) >= 11 is 0. The zero-order valence-electron chi connectivity index (χ0n) is 9.96. The van der Waals surface area contributed by atoms with Crippen molar-refractivity contribution in [1.82, 2.24) is 4.90 Å². The molecule has 0 spiro atoms. The Morgan fingerprint density at radius 3 is 2.40 bits per heavy atom. The van der Waals surface area contributed by atoms with Gasteiger partial charge in [0.1, 0.15) is 11.6 Å². The Kier molecular flexibility index (Phi) is 3.27. The van der Waals surface area contributed by atoms with Crippen LogP contribution in [0, 0.1) is 11.6 Å². The molecule has 1 aromatic rings. The van der Waals surface area contributed by atoms with Crippen LogP contribution in [0.25, 0.3) is 0 Å². The average Bonchev–Trinajstić information content (AvgIpc) is 2.38. The van der Waals surface area contributed by atoms with Gasteiger partial charge in [-0.3, -0.25) is 4.90 Å². The van der Waals surface area contributed by atoms with Gasteiger partial charge in [-0.05, 0) is 24.3 Å². The number of aliphatic carboxylic acids is 1. The average molecular weight is 281 g/mol. The Labute approximate surface area is 112 Å². The van der Waals surface area contributed by atoms with Crippen LogP contribution in [0.4, 0.5) is 13.6 Å². The van der Waals surface area contributed by atoms with Crippen LogP contribution in [0.1, 0.15) is 5.56 Å². The summed E-state index contributed by atoms with van der Waals surface area (Å²) in [5.74, 6) is -3.62. The number of rotatable bonds is 2. The molecule has 1 unspecified atom stereocenters. The van der Waals surface area contributed by atoms with E-state index in [1.54, 1.807) is 0 Å². The molecular formula is C13H9F2NO4. The van der Waals surface area contributed by atoms with Crippen molar-refractivity contribution in [3.05, 3.63) is 59.8 Å². The predicted octanol–water partition coefficient (Wildman–Crippen LogP) is 2.31. The second-order valence-electron chi connectivity index (χ2n) is 4.05. The summed E-state index contributed by atoms with van der Waals surface area (Å²) < 4.78 is 26.8. The van der Waals surface area contributed by atoms with Crippen molar-refractivity contribution in [2.75, 3.05) is 0 Å². The van der Waals surface area contributed by atoms with Crippen molar-refractivity contribution in [3.63, 3.8) is 0 Å². The Hall–Kier alpha value is -2.70. The van der Waals surface area contributed by atoms with Crippen molar-refractivity contribution < 1.29 is 28.6 Å². The maximum atomic E-state index is 13.9. The van der Waals surface area contributed by atoms with E-state index in [4.69, 9.17) is 5.11 Å². The summed E-state index contributed by atoms with van der Waals surface area (Å²) in [6, 6.07) is 2.29. The molecule has 2 rings (SSSR count). The molecule has 1 atom stereocenters. The highest BCUT2D eigenvalue weighted by atomic mass is 19.1. The van der Waals surface area contributed by atoms with Crippen molar-refractivity contribution in [3.8, 4) is 0 Å². The Morgan fingerprint density at radius 1 is 1.15 bits per heavy atom. The fourth-order valence-electron chi connectivity index (χ4n) is 2.05. The molecule has 1 amide bonds. The van der Waals surface area contributed by atoms with Gasteiger partial charge in [-0.15, -0.1) is 0 Å². The van der Waals surface area contributed by atoms with E-state index < -0.39 is 34.8 Å². The van der Waals surface area contributed by atoms with Crippen LogP contribution >= 0.6 is 0 Å². The monoisotopic (exact) mass is 281 g/mol. The number of carboxylic acid groups (broad SMARTS) is 2. The zero-order valence-corrected chi connectivity index (χ0v) is 9.96. The summed E-state index contributed by atoms with van der Waals surface area (Å²) in [6.45, 7) is 0. The van der Waals surface area contributed by atoms with Crippen molar-refractivity contribution in [1.29, 1.82) is 0 Å². The van der Waals surface area contributed by atoms with Crippen LogP contribution in [-0.2, 0) is 10.3 Å². The van der Waals surface area contributed by atoms with E-state index in [-0.39, 0.29) is 0 Å². The number of halogens is 2. The van der Waals surface area contributed by atoms with Crippen LogP contribution in [0.3, 0.4) is 0 Å². The zero-order chi connectivity index (χ0) is 14.9. The molecule has 1 aliphatic heterocycles. The van der Waals surface area contributed by atoms with E-state index in [0.29, 0.717) is 11.0 Å². The molecule has 0 fully saturated rings. The van der Waals surface area contributed by atoms with Gasteiger partial charge in [0, 0.05) is 17.8 Å². The minimum atomic E-state index is -2.27. The first-order chi connectivity index (χ1) is 9.39. The second kappa shape index (κ2) is 4.76. The topological polar surface area (TPSA) is 77.8 Å². The van der Waals surface area contributed by atoms with Crippen molar-refractivity contribution in [2.24, 2.45) is 0 Å². The lowest BCUT2D eigenvalue weighted by Crippen LogP contribution is -2.51. The van der Waals surface area contributed by atoms with Crippen molar-refractivity contribution in [2.45, 2.75) is 5.54 Å². The van der Waals surface area contributed by atoms with Crippen LogP contribution in [0.15, 0.2) is 42.6 Å². The molecule has 7 heteroatoms. The maximum Gasteiger partial charge on any atom is 0.412 e. The number of hydrogen-bond donors (Lipinski definition) is 2. The third-order valence-electron chi connectivity index (χ3n) is 2.94. The van der Waals surface area contributed by atoms with Gasteiger partial charge in [0.05, 0.1) is 0 Å². The van der Waals surface area contributed by atoms with E-state index in [1.165, 1.54) is 12.2 Å². The fraction of sp³-hybridized carbons (Fsp3) is 0.0769. The molecule has 0 saturated heterocycles. The predicted molar refractivity (Wildman–Crippen MR) is 63.8 cm³/mol. The van der Waals surface area contributed by atoms with Crippen LogP contribution in [0.2, 0.25) is 0 Å². The third-order valence-corrected chi connectivity index (χ3v) is 2.94.